The summed E-state index contributed by atoms with van der Waals surface area (Å²) in [6.07, 6.45) is 5.69. The first kappa shape index (κ1) is 15.4. The minimum absolute atomic E-state index is 0.794. The standard InChI is InChI=1S/C20H21N3/c1-3-13-22-19(5-1)12-11-17-7-9-18(10-8-17)15-21-16-20-6-2-4-14-23-20/h1-10,13-14,21H,11-12,15-16H2. The SMILES string of the molecule is c1ccc(CCc2ccc(CNCc3ccccn3)cc2)nc1. The molecule has 2 heterocycles. The number of nitrogens with one attached hydrogen (secondary N) is 1. The summed E-state index contributed by atoms with van der Waals surface area (Å²) >= 11 is 0. The molecular weight excluding hydrogens is 282 g/mol. The maximum absolute atomic E-state index is 4.36. The van der Waals surface area contributed by atoms with Crippen molar-refractivity contribution in [1.82, 2.24) is 15.3 Å². The van der Waals surface area contributed by atoms with E-state index < -0.39 is 0 Å². The molecule has 23 heavy (non-hydrogen) atoms. The van der Waals surface area contributed by atoms with E-state index in [4.69, 9.17) is 0 Å². The molecule has 0 aliphatic carbocycles. The fourth-order valence-electron chi connectivity index (χ4n) is 2.48. The number of nitrogens with zero attached hydrogens (tertiary/aromatic N) is 2. The van der Waals surface area contributed by atoms with Crippen molar-refractivity contribution in [3.8, 4) is 0 Å². The zero-order valence-corrected chi connectivity index (χ0v) is 13.2. The second kappa shape index (κ2) is 8.20. The molecule has 116 valence electrons. The Balaban J connectivity index is 1.45. The van der Waals surface area contributed by atoms with Gasteiger partial charge in [-0.2, -0.15) is 0 Å². The van der Waals surface area contributed by atoms with Gasteiger partial charge in [-0.15, -0.1) is 0 Å². The van der Waals surface area contributed by atoms with Crippen LogP contribution in [0.3, 0.4) is 0 Å². The highest BCUT2D eigenvalue weighted by atomic mass is 14.9. The molecule has 0 saturated carbocycles. The van der Waals surface area contributed by atoms with Crippen molar-refractivity contribution in [2.45, 2.75) is 25.9 Å². The Morgan fingerprint density at radius 3 is 1.91 bits per heavy atom. The van der Waals surface area contributed by atoms with Crippen molar-refractivity contribution < 1.29 is 0 Å². The molecule has 1 aromatic carbocycles. The first-order valence-corrected chi connectivity index (χ1v) is 7.98. The monoisotopic (exact) mass is 303 g/mol. The van der Waals surface area contributed by atoms with E-state index in [1.54, 1.807) is 0 Å². The van der Waals surface area contributed by atoms with E-state index in [1.807, 2.05) is 42.7 Å². The molecule has 0 spiro atoms. The average molecular weight is 303 g/mol. The maximum atomic E-state index is 4.36. The molecule has 0 aliphatic rings. The Bertz CT molecular complexity index is 694. The molecule has 3 nitrogen and oxygen atoms in total. The summed E-state index contributed by atoms with van der Waals surface area (Å²) in [5.41, 5.74) is 4.86. The summed E-state index contributed by atoms with van der Waals surface area (Å²) in [6.45, 7) is 1.65. The van der Waals surface area contributed by atoms with E-state index >= 15 is 0 Å². The smallest absolute Gasteiger partial charge is 0.0541 e. The minimum atomic E-state index is 0.794. The summed E-state index contributed by atoms with van der Waals surface area (Å²) < 4.78 is 0. The molecule has 3 aromatic rings. The van der Waals surface area contributed by atoms with Gasteiger partial charge in [0, 0.05) is 31.2 Å². The number of pyridine rings is 2. The third-order valence-corrected chi connectivity index (χ3v) is 3.78. The first-order chi connectivity index (χ1) is 11.4. The normalized spacial score (nSPS) is 10.6. The van der Waals surface area contributed by atoms with Crippen LogP contribution in [-0.2, 0) is 25.9 Å². The Morgan fingerprint density at radius 1 is 0.609 bits per heavy atom. The van der Waals surface area contributed by atoms with Crippen molar-refractivity contribution in [1.29, 1.82) is 0 Å². The van der Waals surface area contributed by atoms with Crippen molar-refractivity contribution in [2.24, 2.45) is 0 Å². The summed E-state index contributed by atoms with van der Waals surface area (Å²) in [6, 6.07) is 20.9. The molecule has 0 atom stereocenters. The lowest BCUT2D eigenvalue weighted by atomic mass is 10.1. The summed E-state index contributed by atoms with van der Waals surface area (Å²) in [5, 5.41) is 3.42. The van der Waals surface area contributed by atoms with Crippen molar-refractivity contribution in [3.63, 3.8) is 0 Å². The van der Waals surface area contributed by atoms with Crippen LogP contribution in [-0.4, -0.2) is 9.97 Å². The van der Waals surface area contributed by atoms with Gasteiger partial charge in [-0.05, 0) is 48.2 Å². The highest BCUT2D eigenvalue weighted by Crippen LogP contribution is 2.08. The number of rotatable bonds is 7. The van der Waals surface area contributed by atoms with Gasteiger partial charge in [0.25, 0.3) is 0 Å². The molecule has 0 saturated heterocycles. The van der Waals surface area contributed by atoms with Gasteiger partial charge >= 0.3 is 0 Å². The largest absolute Gasteiger partial charge is 0.307 e. The van der Waals surface area contributed by atoms with Gasteiger partial charge < -0.3 is 5.32 Å². The first-order valence-electron chi connectivity index (χ1n) is 7.98. The van der Waals surface area contributed by atoms with Crippen molar-refractivity contribution in [2.75, 3.05) is 0 Å². The number of aromatic nitrogens is 2. The van der Waals surface area contributed by atoms with Gasteiger partial charge in [0.05, 0.1) is 5.69 Å². The summed E-state index contributed by atoms with van der Waals surface area (Å²) in [4.78, 5) is 8.67. The van der Waals surface area contributed by atoms with Crippen molar-refractivity contribution >= 4 is 0 Å². The van der Waals surface area contributed by atoms with Gasteiger partial charge in [-0.25, -0.2) is 0 Å². The molecule has 0 amide bonds. The molecule has 0 radical (unpaired) electrons. The van der Waals surface area contributed by atoms with Gasteiger partial charge in [0.2, 0.25) is 0 Å². The van der Waals surface area contributed by atoms with E-state index in [-0.39, 0.29) is 0 Å². The topological polar surface area (TPSA) is 37.8 Å². The van der Waals surface area contributed by atoms with Crippen LogP contribution in [0.1, 0.15) is 22.5 Å². The lowest BCUT2D eigenvalue weighted by Crippen LogP contribution is -2.13. The summed E-state index contributed by atoms with van der Waals surface area (Å²) in [5.74, 6) is 0. The van der Waals surface area contributed by atoms with E-state index in [2.05, 4.69) is 45.6 Å². The molecule has 3 heteroatoms. The number of benzene rings is 1. The van der Waals surface area contributed by atoms with E-state index in [1.165, 1.54) is 11.1 Å². The summed E-state index contributed by atoms with van der Waals surface area (Å²) in [7, 11) is 0. The Kier molecular flexibility index (Phi) is 5.48. The minimum Gasteiger partial charge on any atom is -0.307 e. The predicted molar refractivity (Wildman–Crippen MR) is 92.9 cm³/mol. The molecule has 2 aromatic heterocycles. The highest BCUT2D eigenvalue weighted by molar-refractivity contribution is 5.23. The van der Waals surface area contributed by atoms with Crippen molar-refractivity contribution in [3.05, 3.63) is 95.6 Å². The van der Waals surface area contributed by atoms with E-state index in [0.717, 1.165) is 37.3 Å². The van der Waals surface area contributed by atoms with Gasteiger partial charge in [0.15, 0.2) is 0 Å². The predicted octanol–water partition coefficient (Wildman–Crippen LogP) is 3.55. The molecule has 0 aliphatic heterocycles. The molecule has 0 fully saturated rings. The Labute approximate surface area is 137 Å². The molecular formula is C20H21N3. The fourth-order valence-corrected chi connectivity index (χ4v) is 2.48. The highest BCUT2D eigenvalue weighted by Gasteiger charge is 1.98. The fraction of sp³-hybridized carbons (Fsp3) is 0.200. The van der Waals surface area contributed by atoms with Crippen LogP contribution >= 0.6 is 0 Å². The van der Waals surface area contributed by atoms with Gasteiger partial charge in [-0.3, -0.25) is 9.97 Å². The van der Waals surface area contributed by atoms with Crippen LogP contribution in [0.2, 0.25) is 0 Å². The van der Waals surface area contributed by atoms with E-state index in [9.17, 15) is 0 Å². The lowest BCUT2D eigenvalue weighted by molar-refractivity contribution is 0.679. The lowest BCUT2D eigenvalue weighted by Gasteiger charge is -2.06. The van der Waals surface area contributed by atoms with Crippen LogP contribution in [0.5, 0.6) is 0 Å². The molecule has 0 bridgehead atoms. The van der Waals surface area contributed by atoms with Crippen LogP contribution in [0, 0.1) is 0 Å². The third kappa shape index (κ3) is 5.01. The van der Waals surface area contributed by atoms with E-state index in [0.29, 0.717) is 0 Å². The van der Waals surface area contributed by atoms with Crippen LogP contribution < -0.4 is 5.32 Å². The molecule has 3 rings (SSSR count). The zero-order chi connectivity index (χ0) is 15.7. The molecule has 1 N–H and O–H groups in total. The van der Waals surface area contributed by atoms with Crippen LogP contribution in [0.15, 0.2) is 73.1 Å². The quantitative estimate of drug-likeness (QED) is 0.725. The second-order valence-electron chi connectivity index (χ2n) is 5.56. The number of hydrogen-bond donors (Lipinski definition) is 1. The number of aryl methyl sites for hydroxylation is 2. The second-order valence-corrected chi connectivity index (χ2v) is 5.56. The maximum Gasteiger partial charge on any atom is 0.0541 e. The number of hydrogen-bond acceptors (Lipinski definition) is 3. The van der Waals surface area contributed by atoms with Gasteiger partial charge in [-0.1, -0.05) is 36.4 Å². The van der Waals surface area contributed by atoms with Crippen LogP contribution in [0.4, 0.5) is 0 Å². The third-order valence-electron chi connectivity index (χ3n) is 3.78. The Morgan fingerprint density at radius 2 is 1.26 bits per heavy atom. The zero-order valence-electron chi connectivity index (χ0n) is 13.2. The van der Waals surface area contributed by atoms with Gasteiger partial charge in [0.1, 0.15) is 0 Å². The Hall–Kier alpha value is -2.52. The molecule has 0 unspecified atom stereocenters. The average Bonchev–Trinajstić information content (AvgIpc) is 2.63. The van der Waals surface area contributed by atoms with Crippen LogP contribution in [0.25, 0.3) is 0 Å².